The van der Waals surface area contributed by atoms with Crippen LogP contribution in [0.4, 0.5) is 10.1 Å². The maximum atomic E-state index is 13.1. The number of benzene rings is 1. The molecule has 2 saturated heterocycles. The molecule has 1 aromatic carbocycles. The Bertz CT molecular complexity index is 581. The fourth-order valence-corrected chi connectivity index (χ4v) is 3.89. The van der Waals surface area contributed by atoms with Gasteiger partial charge in [0.1, 0.15) is 5.82 Å². The highest BCUT2D eigenvalue weighted by Crippen LogP contribution is 2.17. The molecule has 1 N–H and O–H groups in total. The third kappa shape index (κ3) is 7.06. The van der Waals surface area contributed by atoms with Crippen molar-refractivity contribution in [2.75, 3.05) is 63.8 Å². The van der Waals surface area contributed by atoms with Crippen LogP contribution in [0.15, 0.2) is 29.3 Å². The fourth-order valence-electron chi connectivity index (χ4n) is 3.89. The molecule has 0 aromatic heterocycles. The number of nitrogens with one attached hydrogen (secondary N) is 1. The van der Waals surface area contributed by atoms with Gasteiger partial charge in [0, 0.05) is 45.0 Å². The number of likely N-dealkylation sites (tertiary alicyclic amines) is 1. The smallest absolute Gasteiger partial charge is 0.194 e. The average Bonchev–Trinajstić information content (AvgIpc) is 3.21. The first-order valence-corrected chi connectivity index (χ1v) is 10.5. The number of rotatable bonds is 7. The van der Waals surface area contributed by atoms with Crippen LogP contribution in [0.25, 0.3) is 0 Å². The van der Waals surface area contributed by atoms with E-state index in [4.69, 9.17) is 4.99 Å². The minimum atomic E-state index is -0.177. The highest BCUT2D eigenvalue weighted by molar-refractivity contribution is 14.0. The molecular weight excluding hydrogens is 468 g/mol. The summed E-state index contributed by atoms with van der Waals surface area (Å²) in [4.78, 5) is 12.1. The molecule has 0 unspecified atom stereocenters. The second-order valence-corrected chi connectivity index (χ2v) is 7.44. The summed E-state index contributed by atoms with van der Waals surface area (Å²) in [7, 11) is 0. The second-order valence-electron chi connectivity index (χ2n) is 7.44. The van der Waals surface area contributed by atoms with E-state index in [2.05, 4.69) is 26.9 Å². The number of hydrogen-bond donors (Lipinski definition) is 1. The summed E-state index contributed by atoms with van der Waals surface area (Å²) in [6.45, 7) is 11.5. The molecule has 0 amide bonds. The number of aliphatic imine (C=N–C) groups is 1. The lowest BCUT2D eigenvalue weighted by molar-refractivity contribution is 0.330. The molecule has 2 aliphatic heterocycles. The molecule has 0 aliphatic carbocycles. The average molecular weight is 503 g/mol. The monoisotopic (exact) mass is 503 g/mol. The van der Waals surface area contributed by atoms with Crippen LogP contribution in [0.2, 0.25) is 0 Å². The summed E-state index contributed by atoms with van der Waals surface area (Å²) in [5, 5.41) is 3.44. The van der Waals surface area contributed by atoms with Crippen molar-refractivity contribution in [2.45, 2.75) is 32.6 Å². The van der Waals surface area contributed by atoms with Crippen molar-refractivity contribution < 1.29 is 4.39 Å². The van der Waals surface area contributed by atoms with Crippen molar-refractivity contribution in [3.05, 3.63) is 30.1 Å². The van der Waals surface area contributed by atoms with Gasteiger partial charge in [0.15, 0.2) is 5.96 Å². The van der Waals surface area contributed by atoms with Gasteiger partial charge in [-0.1, -0.05) is 0 Å². The second kappa shape index (κ2) is 12.5. The summed E-state index contributed by atoms with van der Waals surface area (Å²) in [5.74, 6) is 0.862. The minimum Gasteiger partial charge on any atom is -0.368 e. The van der Waals surface area contributed by atoms with Crippen molar-refractivity contribution >= 4 is 35.6 Å². The third-order valence-electron chi connectivity index (χ3n) is 5.45. The SMILES string of the molecule is CCNC(=NCCCCN1CCCC1)N1CCN(c2ccc(F)cc2)CC1.I. The van der Waals surface area contributed by atoms with Gasteiger partial charge >= 0.3 is 0 Å². The number of guanidine groups is 1. The Balaban J connectivity index is 0.00000280. The Morgan fingerprint density at radius 3 is 2.32 bits per heavy atom. The van der Waals surface area contributed by atoms with Crippen molar-refractivity contribution in [1.29, 1.82) is 0 Å². The maximum absolute atomic E-state index is 13.1. The lowest BCUT2D eigenvalue weighted by Crippen LogP contribution is -2.52. The lowest BCUT2D eigenvalue weighted by Gasteiger charge is -2.37. The topological polar surface area (TPSA) is 34.1 Å². The van der Waals surface area contributed by atoms with E-state index >= 15 is 0 Å². The molecule has 2 fully saturated rings. The van der Waals surface area contributed by atoms with E-state index in [1.54, 1.807) is 0 Å². The van der Waals surface area contributed by atoms with Crippen LogP contribution in [0.1, 0.15) is 32.6 Å². The fraction of sp³-hybridized carbons (Fsp3) is 0.667. The van der Waals surface area contributed by atoms with Crippen LogP contribution in [-0.2, 0) is 0 Å². The van der Waals surface area contributed by atoms with Gasteiger partial charge in [-0.3, -0.25) is 4.99 Å². The molecule has 1 aromatic rings. The molecule has 0 atom stereocenters. The number of unbranched alkanes of at least 4 members (excludes halogenated alkanes) is 1. The van der Waals surface area contributed by atoms with Gasteiger partial charge < -0.3 is 20.0 Å². The first-order valence-electron chi connectivity index (χ1n) is 10.5. The summed E-state index contributed by atoms with van der Waals surface area (Å²) >= 11 is 0. The minimum absolute atomic E-state index is 0. The summed E-state index contributed by atoms with van der Waals surface area (Å²) < 4.78 is 13.1. The Hall–Kier alpha value is -1.09. The predicted octanol–water partition coefficient (Wildman–Crippen LogP) is 3.41. The molecule has 5 nitrogen and oxygen atoms in total. The van der Waals surface area contributed by atoms with Gasteiger partial charge in [0.2, 0.25) is 0 Å². The van der Waals surface area contributed by atoms with Crippen LogP contribution < -0.4 is 10.2 Å². The van der Waals surface area contributed by atoms with Crippen LogP contribution >= 0.6 is 24.0 Å². The maximum Gasteiger partial charge on any atom is 0.194 e. The quantitative estimate of drug-likeness (QED) is 0.268. The highest BCUT2D eigenvalue weighted by atomic mass is 127. The van der Waals surface area contributed by atoms with Crippen LogP contribution in [0.3, 0.4) is 0 Å². The van der Waals surface area contributed by atoms with E-state index in [0.717, 1.165) is 57.3 Å². The molecule has 0 bridgehead atoms. The van der Waals surface area contributed by atoms with Gasteiger partial charge in [-0.2, -0.15) is 0 Å². The van der Waals surface area contributed by atoms with E-state index in [9.17, 15) is 4.39 Å². The molecule has 0 radical (unpaired) electrons. The van der Waals surface area contributed by atoms with E-state index in [-0.39, 0.29) is 29.8 Å². The molecule has 0 saturated carbocycles. The zero-order valence-corrected chi connectivity index (χ0v) is 19.4. The molecule has 7 heteroatoms. The molecule has 2 heterocycles. The van der Waals surface area contributed by atoms with E-state index < -0.39 is 0 Å². The molecule has 0 spiro atoms. The van der Waals surface area contributed by atoms with Crippen molar-refractivity contribution in [3.63, 3.8) is 0 Å². The van der Waals surface area contributed by atoms with Crippen molar-refractivity contribution in [3.8, 4) is 0 Å². The van der Waals surface area contributed by atoms with Crippen molar-refractivity contribution in [1.82, 2.24) is 15.1 Å². The number of anilines is 1. The van der Waals surface area contributed by atoms with Crippen molar-refractivity contribution in [2.24, 2.45) is 4.99 Å². The zero-order chi connectivity index (χ0) is 18.9. The normalized spacial score (nSPS) is 18.3. The van der Waals surface area contributed by atoms with Crippen LogP contribution in [-0.4, -0.2) is 74.7 Å². The lowest BCUT2D eigenvalue weighted by atomic mass is 10.2. The van der Waals surface area contributed by atoms with Gasteiger partial charge in [0.05, 0.1) is 0 Å². The summed E-state index contributed by atoms with van der Waals surface area (Å²) in [6.07, 6.45) is 5.13. The van der Waals surface area contributed by atoms with Crippen LogP contribution in [0, 0.1) is 5.82 Å². The molecule has 28 heavy (non-hydrogen) atoms. The van der Waals surface area contributed by atoms with Gasteiger partial charge in [0.25, 0.3) is 0 Å². The summed E-state index contributed by atoms with van der Waals surface area (Å²) in [6, 6.07) is 6.81. The Kier molecular flexibility index (Phi) is 10.3. The molecular formula is C21H35FIN5. The molecule has 3 rings (SSSR count). The van der Waals surface area contributed by atoms with Crippen LogP contribution in [0.5, 0.6) is 0 Å². The predicted molar refractivity (Wildman–Crippen MR) is 126 cm³/mol. The molecule has 158 valence electrons. The highest BCUT2D eigenvalue weighted by Gasteiger charge is 2.19. The number of hydrogen-bond acceptors (Lipinski definition) is 3. The number of halogens is 2. The van der Waals surface area contributed by atoms with Gasteiger partial charge in [-0.05, 0) is 76.5 Å². The van der Waals surface area contributed by atoms with Gasteiger partial charge in [-0.15, -0.1) is 24.0 Å². The largest absolute Gasteiger partial charge is 0.368 e. The first-order chi connectivity index (χ1) is 13.3. The summed E-state index contributed by atoms with van der Waals surface area (Å²) in [5.41, 5.74) is 1.10. The first kappa shape index (κ1) is 23.2. The standard InChI is InChI=1S/C21H34FN5.HI/c1-2-23-21(24-11-3-4-12-25-13-5-6-14-25)27-17-15-26(16-18-27)20-9-7-19(22)8-10-20;/h7-10H,2-6,11-18H2,1H3,(H,23,24);1H. The molecule has 2 aliphatic rings. The Morgan fingerprint density at radius 1 is 1.00 bits per heavy atom. The van der Waals surface area contributed by atoms with E-state index in [1.807, 2.05) is 12.1 Å². The number of piperazine rings is 1. The number of nitrogens with zero attached hydrogens (tertiary/aromatic N) is 4. The Labute approximate surface area is 186 Å². The third-order valence-corrected chi connectivity index (χ3v) is 5.45. The van der Waals surface area contributed by atoms with E-state index in [0.29, 0.717) is 0 Å². The van der Waals surface area contributed by atoms with E-state index in [1.165, 1.54) is 51.0 Å². The van der Waals surface area contributed by atoms with Gasteiger partial charge in [-0.25, -0.2) is 4.39 Å². The Morgan fingerprint density at radius 2 is 1.68 bits per heavy atom. The zero-order valence-electron chi connectivity index (χ0n) is 17.1.